The van der Waals surface area contributed by atoms with Crippen molar-refractivity contribution in [3.05, 3.63) is 83.4 Å². The van der Waals surface area contributed by atoms with E-state index in [-0.39, 0.29) is 18.0 Å². The Morgan fingerprint density at radius 3 is 1.74 bits per heavy atom. The van der Waals surface area contributed by atoms with Crippen molar-refractivity contribution < 1.29 is 15.0 Å². The third-order valence-corrected chi connectivity index (χ3v) is 6.69. The van der Waals surface area contributed by atoms with Crippen molar-refractivity contribution in [2.24, 2.45) is 0 Å². The molecule has 0 unspecified atom stereocenters. The largest absolute Gasteiger partial charge is 0.394 e. The first kappa shape index (κ1) is 26.3. The van der Waals surface area contributed by atoms with Gasteiger partial charge in [-0.1, -0.05) is 0 Å². The second-order valence-corrected chi connectivity index (χ2v) is 10.8. The number of aliphatic hydroxyl groups excluding tert-OH is 1. The number of aromatic nitrogens is 2. The zero-order valence-electron chi connectivity index (χ0n) is 18.5. The number of halogens is 1. The molecule has 0 atom stereocenters. The van der Waals surface area contributed by atoms with Gasteiger partial charge in [-0.05, 0) is 54.0 Å². The van der Waals surface area contributed by atoms with Crippen molar-refractivity contribution in [2.75, 3.05) is 11.9 Å². The summed E-state index contributed by atoms with van der Waals surface area (Å²) < 4.78 is 0.802. The number of hydrogen-bond donors (Lipinski definition) is 2. The highest BCUT2D eigenvalue weighted by atomic mass is 79.9. The van der Waals surface area contributed by atoms with Gasteiger partial charge in [-0.2, -0.15) is 0 Å². The molecule has 4 rings (SSSR count). The van der Waals surface area contributed by atoms with Crippen LogP contribution in [0.1, 0.15) is 13.8 Å². The van der Waals surface area contributed by atoms with Gasteiger partial charge in [-0.25, -0.2) is 9.97 Å². The van der Waals surface area contributed by atoms with Crippen LogP contribution >= 0.6 is 38.6 Å². The number of nitrogens with one attached hydrogen (secondary N) is 1. The second kappa shape index (κ2) is 11.4. The molecule has 13 heteroatoms. The Bertz CT molecular complexity index is 1310. The zero-order valence-corrected chi connectivity index (χ0v) is 21.8. The van der Waals surface area contributed by atoms with Gasteiger partial charge in [0.15, 0.2) is 9.05 Å². The normalized spacial score (nSPS) is 10.9. The number of non-ortho nitro benzene ring substituents is 2. The average Bonchev–Trinajstić information content (AvgIpc) is 3.48. The minimum Gasteiger partial charge on any atom is -0.394 e. The monoisotopic (exact) mass is 577 g/mol. The molecule has 0 bridgehead atoms. The van der Waals surface area contributed by atoms with Crippen molar-refractivity contribution in [3.63, 3.8) is 0 Å². The van der Waals surface area contributed by atoms with Gasteiger partial charge in [0.1, 0.15) is 0 Å². The number of hydrogen-bond acceptors (Lipinski definition) is 10. The molecule has 0 saturated carbocycles. The third-order valence-electron chi connectivity index (χ3n) is 4.57. The van der Waals surface area contributed by atoms with Crippen LogP contribution in [0, 0.1) is 20.2 Å². The van der Waals surface area contributed by atoms with Crippen molar-refractivity contribution >= 4 is 55.1 Å². The molecular weight excluding hydrogens is 558 g/mol. The molecule has 0 aliphatic carbocycles. The fraction of sp³-hybridized carbons (Fsp3) is 0.182. The molecule has 2 N–H and O–H groups in total. The lowest BCUT2D eigenvalue weighted by Crippen LogP contribution is -2.34. The van der Waals surface area contributed by atoms with Crippen molar-refractivity contribution in [1.29, 1.82) is 0 Å². The smallest absolute Gasteiger partial charge is 0.269 e. The van der Waals surface area contributed by atoms with Crippen LogP contribution in [0.4, 0.5) is 16.5 Å². The van der Waals surface area contributed by atoms with Crippen LogP contribution in [0.5, 0.6) is 0 Å². The summed E-state index contributed by atoms with van der Waals surface area (Å²) in [7, 11) is 0. The Labute approximate surface area is 216 Å². The van der Waals surface area contributed by atoms with E-state index in [1.165, 1.54) is 46.9 Å². The van der Waals surface area contributed by atoms with Gasteiger partial charge in [0.05, 0.1) is 33.4 Å². The molecule has 182 valence electrons. The summed E-state index contributed by atoms with van der Waals surface area (Å²) >= 11 is 6.18. The summed E-state index contributed by atoms with van der Waals surface area (Å²) in [6.07, 6.45) is 0. The minimum absolute atomic E-state index is 0.000551. The predicted octanol–water partition coefficient (Wildman–Crippen LogP) is 6.38. The lowest BCUT2D eigenvalue weighted by molar-refractivity contribution is -0.385. The van der Waals surface area contributed by atoms with Gasteiger partial charge in [0, 0.05) is 46.2 Å². The molecule has 0 aliphatic heterocycles. The topological polar surface area (TPSA) is 144 Å². The molecule has 0 amide bonds. The van der Waals surface area contributed by atoms with Crippen LogP contribution in [0.25, 0.3) is 22.5 Å². The fourth-order valence-electron chi connectivity index (χ4n) is 2.68. The molecule has 0 radical (unpaired) electrons. The zero-order chi connectivity index (χ0) is 25.6. The van der Waals surface area contributed by atoms with E-state index in [2.05, 4.69) is 31.2 Å². The Morgan fingerprint density at radius 2 is 1.34 bits per heavy atom. The van der Waals surface area contributed by atoms with Crippen LogP contribution in [-0.4, -0.2) is 37.1 Å². The van der Waals surface area contributed by atoms with Crippen LogP contribution in [0.2, 0.25) is 0 Å². The number of anilines is 1. The van der Waals surface area contributed by atoms with Crippen molar-refractivity contribution in [1.82, 2.24) is 9.97 Å². The maximum atomic E-state index is 10.6. The number of rotatable bonds is 7. The number of nitro benzene ring substituents is 2. The SMILES string of the molecule is CC(C)(CO)Nc1nc(-c2ccc([N+](=O)[O-])cc2)cs1.O=[N+]([O-])c1ccc(-c2csc(Br)n2)cc1. The van der Waals surface area contributed by atoms with Gasteiger partial charge in [-0.15, -0.1) is 22.7 Å². The molecule has 0 fully saturated rings. The Kier molecular flexibility index (Phi) is 8.62. The van der Waals surface area contributed by atoms with E-state index in [0.29, 0.717) is 5.13 Å². The number of nitrogens with zero attached hydrogens (tertiary/aromatic N) is 4. The number of aliphatic hydroxyl groups is 1. The summed E-state index contributed by atoms with van der Waals surface area (Å²) in [5, 5.41) is 37.9. The lowest BCUT2D eigenvalue weighted by Gasteiger charge is -2.22. The molecule has 0 spiro atoms. The third kappa shape index (κ3) is 7.36. The molecule has 2 heterocycles. The molecule has 0 aliphatic rings. The quantitative estimate of drug-likeness (QED) is 0.190. The van der Waals surface area contributed by atoms with E-state index < -0.39 is 15.4 Å². The Hall–Kier alpha value is -3.26. The van der Waals surface area contributed by atoms with Gasteiger partial charge in [0.2, 0.25) is 0 Å². The highest BCUT2D eigenvalue weighted by molar-refractivity contribution is 9.11. The van der Waals surface area contributed by atoms with E-state index in [1.54, 1.807) is 24.3 Å². The van der Waals surface area contributed by atoms with Crippen molar-refractivity contribution in [3.8, 4) is 22.5 Å². The lowest BCUT2D eigenvalue weighted by atomic mass is 10.1. The number of nitro groups is 2. The van der Waals surface area contributed by atoms with E-state index >= 15 is 0 Å². The average molecular weight is 578 g/mol. The number of benzene rings is 2. The summed E-state index contributed by atoms with van der Waals surface area (Å²) in [6.45, 7) is 3.75. The standard InChI is InChI=1S/C13H15N3O3S.C9H5BrN2O2S/c1-13(2,8-17)15-12-14-11(7-20-12)9-3-5-10(6-4-9)16(18)19;10-9-11-8(5-15-9)6-1-3-7(4-2-6)12(13)14/h3-7,17H,8H2,1-2H3,(H,14,15);1-5H. The summed E-state index contributed by atoms with van der Waals surface area (Å²) in [6, 6.07) is 12.6. The van der Waals surface area contributed by atoms with E-state index in [9.17, 15) is 25.3 Å². The number of thiazole rings is 2. The van der Waals surface area contributed by atoms with E-state index in [4.69, 9.17) is 0 Å². The summed E-state index contributed by atoms with van der Waals surface area (Å²) in [5.41, 5.74) is 2.98. The predicted molar refractivity (Wildman–Crippen MR) is 141 cm³/mol. The van der Waals surface area contributed by atoms with E-state index in [0.717, 1.165) is 26.4 Å². The van der Waals surface area contributed by atoms with Crippen molar-refractivity contribution in [2.45, 2.75) is 19.4 Å². The second-order valence-electron chi connectivity index (χ2n) is 7.80. The highest BCUT2D eigenvalue weighted by Gasteiger charge is 2.18. The van der Waals surface area contributed by atoms with Crippen LogP contribution < -0.4 is 5.32 Å². The van der Waals surface area contributed by atoms with Crippen LogP contribution in [-0.2, 0) is 0 Å². The fourth-order valence-corrected chi connectivity index (χ4v) is 4.60. The van der Waals surface area contributed by atoms with Crippen LogP contribution in [0.3, 0.4) is 0 Å². The first-order valence-electron chi connectivity index (χ1n) is 10.0. The minimum atomic E-state index is -0.440. The van der Waals surface area contributed by atoms with Gasteiger partial charge in [-0.3, -0.25) is 20.2 Å². The van der Waals surface area contributed by atoms with Gasteiger partial charge < -0.3 is 10.4 Å². The first-order valence-corrected chi connectivity index (χ1v) is 12.6. The molecule has 2 aromatic carbocycles. The molecule has 10 nitrogen and oxygen atoms in total. The molecule has 35 heavy (non-hydrogen) atoms. The van der Waals surface area contributed by atoms with Gasteiger partial charge >= 0.3 is 0 Å². The molecule has 4 aromatic rings. The molecule has 2 aromatic heterocycles. The molecular formula is C22H20BrN5O5S2. The molecule has 0 saturated heterocycles. The maximum Gasteiger partial charge on any atom is 0.269 e. The highest BCUT2D eigenvalue weighted by Crippen LogP contribution is 2.28. The van der Waals surface area contributed by atoms with Gasteiger partial charge in [0.25, 0.3) is 11.4 Å². The maximum absolute atomic E-state index is 10.6. The summed E-state index contributed by atoms with van der Waals surface area (Å²) in [5.74, 6) is 0. The first-order chi connectivity index (χ1) is 16.6. The Morgan fingerprint density at radius 1 is 0.886 bits per heavy atom. The Balaban J connectivity index is 0.000000203. The summed E-state index contributed by atoms with van der Waals surface area (Å²) in [4.78, 5) is 28.8. The van der Waals surface area contributed by atoms with Crippen LogP contribution in [0.15, 0.2) is 63.2 Å². The van der Waals surface area contributed by atoms with E-state index in [1.807, 2.05) is 24.6 Å².